The van der Waals surface area contributed by atoms with Gasteiger partial charge in [-0.3, -0.25) is 9.89 Å². The third-order valence-electron chi connectivity index (χ3n) is 5.52. The second-order valence-corrected chi connectivity index (χ2v) is 8.26. The van der Waals surface area contributed by atoms with Gasteiger partial charge in [-0.15, -0.1) is 11.3 Å². The van der Waals surface area contributed by atoms with Crippen molar-refractivity contribution in [2.45, 2.75) is 63.5 Å². The van der Waals surface area contributed by atoms with E-state index in [1.807, 2.05) is 11.4 Å². The fourth-order valence-electron chi connectivity index (χ4n) is 4.03. The third-order valence-corrected chi connectivity index (χ3v) is 6.47. The van der Waals surface area contributed by atoms with Gasteiger partial charge in [0.1, 0.15) is 0 Å². The van der Waals surface area contributed by atoms with Crippen LogP contribution in [0, 0.1) is 5.92 Å². The molecule has 1 fully saturated rings. The van der Waals surface area contributed by atoms with Crippen LogP contribution in [-0.2, 0) is 24.1 Å². The minimum atomic E-state index is -0.208. The molecular weight excluding hydrogens is 334 g/mol. The lowest BCUT2D eigenvalue weighted by Gasteiger charge is -2.37. The standard InChI is InChI=1S/C19H25N3O2S/c23-13-10-12(11-13)19(17-6-3-9-25-17)20-18(24)8-7-16-14-4-1-2-5-15(14)21-22-16/h3,6,9,12-13,19,23H,1-2,4-5,7-8,10-11H2,(H,20,24)(H,21,22)/t12?,13?,19-/m1/s1. The van der Waals surface area contributed by atoms with E-state index in [2.05, 4.69) is 21.6 Å². The number of rotatable bonds is 6. The Morgan fingerprint density at radius 2 is 2.24 bits per heavy atom. The lowest BCUT2D eigenvalue weighted by molar-refractivity contribution is -0.123. The molecule has 1 atom stereocenters. The maximum Gasteiger partial charge on any atom is 0.220 e. The molecule has 1 amide bonds. The molecular formula is C19H25N3O2S. The molecule has 2 heterocycles. The smallest absolute Gasteiger partial charge is 0.220 e. The average Bonchev–Trinajstić information content (AvgIpc) is 3.25. The van der Waals surface area contributed by atoms with E-state index in [9.17, 15) is 9.90 Å². The van der Waals surface area contributed by atoms with Gasteiger partial charge in [-0.2, -0.15) is 5.10 Å². The van der Waals surface area contributed by atoms with Gasteiger partial charge in [-0.1, -0.05) is 6.07 Å². The molecule has 0 aliphatic heterocycles. The van der Waals surface area contributed by atoms with E-state index in [1.54, 1.807) is 11.3 Å². The summed E-state index contributed by atoms with van der Waals surface area (Å²) in [5.41, 5.74) is 3.68. The molecule has 1 saturated carbocycles. The highest BCUT2D eigenvalue weighted by Crippen LogP contribution is 2.39. The summed E-state index contributed by atoms with van der Waals surface area (Å²) in [5, 5.41) is 22.4. The summed E-state index contributed by atoms with van der Waals surface area (Å²) in [7, 11) is 0. The first kappa shape index (κ1) is 16.8. The van der Waals surface area contributed by atoms with Gasteiger partial charge in [0.05, 0.1) is 17.8 Å². The molecule has 0 spiro atoms. The van der Waals surface area contributed by atoms with Crippen LogP contribution in [0.1, 0.15) is 60.0 Å². The zero-order valence-corrected chi connectivity index (χ0v) is 15.1. The Hall–Kier alpha value is -1.66. The predicted molar refractivity (Wildman–Crippen MR) is 97.5 cm³/mol. The number of aryl methyl sites for hydroxylation is 2. The van der Waals surface area contributed by atoms with E-state index < -0.39 is 0 Å². The molecule has 0 unspecified atom stereocenters. The third kappa shape index (κ3) is 3.65. The molecule has 3 N–H and O–H groups in total. The largest absolute Gasteiger partial charge is 0.393 e. The van der Waals surface area contributed by atoms with Crippen LogP contribution in [0.5, 0.6) is 0 Å². The lowest BCUT2D eigenvalue weighted by Crippen LogP contribution is -2.41. The van der Waals surface area contributed by atoms with Gasteiger partial charge in [-0.25, -0.2) is 0 Å². The molecule has 2 aliphatic carbocycles. The number of H-pyrrole nitrogens is 1. The molecule has 134 valence electrons. The molecule has 2 aromatic rings. The monoisotopic (exact) mass is 359 g/mol. The number of nitrogens with one attached hydrogen (secondary N) is 2. The Bertz CT molecular complexity index is 719. The number of aromatic amines is 1. The molecule has 5 nitrogen and oxygen atoms in total. The topological polar surface area (TPSA) is 78.0 Å². The quantitative estimate of drug-likeness (QED) is 0.742. The Kier molecular flexibility index (Phi) is 4.90. The van der Waals surface area contributed by atoms with Crippen LogP contribution in [0.4, 0.5) is 0 Å². The highest BCUT2D eigenvalue weighted by molar-refractivity contribution is 7.10. The molecule has 2 aromatic heterocycles. The maximum absolute atomic E-state index is 12.5. The predicted octanol–water partition coefficient (Wildman–Crippen LogP) is 2.91. The summed E-state index contributed by atoms with van der Waals surface area (Å²) >= 11 is 1.67. The van der Waals surface area contributed by atoms with Crippen molar-refractivity contribution >= 4 is 17.2 Å². The second-order valence-electron chi connectivity index (χ2n) is 7.28. The van der Waals surface area contributed by atoms with Crippen LogP contribution in [0.3, 0.4) is 0 Å². The normalized spacial score (nSPS) is 23.6. The molecule has 4 rings (SSSR count). The van der Waals surface area contributed by atoms with Crippen molar-refractivity contribution in [2.24, 2.45) is 5.92 Å². The van der Waals surface area contributed by atoms with Gasteiger partial charge in [-0.05, 0) is 61.5 Å². The molecule has 0 bridgehead atoms. The first-order valence-electron chi connectivity index (χ1n) is 9.26. The molecule has 0 saturated heterocycles. The number of hydrogen-bond donors (Lipinski definition) is 3. The first-order chi connectivity index (χ1) is 12.2. The van der Waals surface area contributed by atoms with E-state index in [-0.39, 0.29) is 18.1 Å². The van der Waals surface area contributed by atoms with Gasteiger partial charge in [0.25, 0.3) is 0 Å². The summed E-state index contributed by atoms with van der Waals surface area (Å²) in [6, 6.07) is 4.12. The zero-order chi connectivity index (χ0) is 17.2. The van der Waals surface area contributed by atoms with E-state index >= 15 is 0 Å². The highest BCUT2D eigenvalue weighted by Gasteiger charge is 2.36. The van der Waals surface area contributed by atoms with Crippen molar-refractivity contribution in [1.29, 1.82) is 0 Å². The zero-order valence-electron chi connectivity index (χ0n) is 14.3. The maximum atomic E-state index is 12.5. The number of hydrogen-bond acceptors (Lipinski definition) is 4. The number of carbonyl (C=O) groups is 1. The Balaban J connectivity index is 1.36. The fourth-order valence-corrected chi connectivity index (χ4v) is 4.89. The SMILES string of the molecule is O=C(CCc1n[nH]c2c1CCCC2)N[C@@H](c1cccs1)C1CC(O)C1. The number of aromatic nitrogens is 2. The summed E-state index contributed by atoms with van der Waals surface area (Å²) < 4.78 is 0. The van der Waals surface area contributed by atoms with Crippen molar-refractivity contribution in [3.8, 4) is 0 Å². The first-order valence-corrected chi connectivity index (χ1v) is 10.1. The Morgan fingerprint density at radius 1 is 1.40 bits per heavy atom. The van der Waals surface area contributed by atoms with Crippen LogP contribution in [0.15, 0.2) is 17.5 Å². The molecule has 0 radical (unpaired) electrons. The summed E-state index contributed by atoms with van der Waals surface area (Å²) in [5.74, 6) is 0.420. The molecule has 2 aliphatic rings. The van der Waals surface area contributed by atoms with Crippen LogP contribution in [0.25, 0.3) is 0 Å². The second kappa shape index (κ2) is 7.30. The van der Waals surface area contributed by atoms with E-state index in [0.29, 0.717) is 18.8 Å². The summed E-state index contributed by atoms with van der Waals surface area (Å²) in [6.07, 6.45) is 7.11. The van der Waals surface area contributed by atoms with Gasteiger partial charge in [0.15, 0.2) is 0 Å². The van der Waals surface area contributed by atoms with E-state index in [4.69, 9.17) is 0 Å². The highest BCUT2D eigenvalue weighted by atomic mass is 32.1. The van der Waals surface area contributed by atoms with Crippen molar-refractivity contribution < 1.29 is 9.90 Å². The van der Waals surface area contributed by atoms with Crippen LogP contribution in [-0.4, -0.2) is 27.3 Å². The number of carbonyl (C=O) groups excluding carboxylic acids is 1. The lowest BCUT2D eigenvalue weighted by atomic mass is 9.76. The van der Waals surface area contributed by atoms with Crippen molar-refractivity contribution in [3.05, 3.63) is 39.3 Å². The molecule has 0 aromatic carbocycles. The number of nitrogens with zero attached hydrogens (tertiary/aromatic N) is 1. The van der Waals surface area contributed by atoms with Crippen molar-refractivity contribution in [2.75, 3.05) is 0 Å². The average molecular weight is 359 g/mol. The van der Waals surface area contributed by atoms with Gasteiger partial charge in [0.2, 0.25) is 5.91 Å². The van der Waals surface area contributed by atoms with Crippen LogP contribution in [0.2, 0.25) is 0 Å². The Labute approximate surface area is 151 Å². The van der Waals surface area contributed by atoms with Gasteiger partial charge < -0.3 is 10.4 Å². The Morgan fingerprint density at radius 3 is 3.00 bits per heavy atom. The number of thiophene rings is 1. The van der Waals surface area contributed by atoms with Gasteiger partial charge in [0, 0.05) is 23.4 Å². The van der Waals surface area contributed by atoms with E-state index in [1.165, 1.54) is 29.0 Å². The van der Waals surface area contributed by atoms with Crippen molar-refractivity contribution in [3.63, 3.8) is 0 Å². The van der Waals surface area contributed by atoms with Crippen LogP contribution < -0.4 is 5.32 Å². The number of amides is 1. The van der Waals surface area contributed by atoms with Gasteiger partial charge >= 0.3 is 0 Å². The minimum Gasteiger partial charge on any atom is -0.393 e. The van der Waals surface area contributed by atoms with Crippen molar-refractivity contribution in [1.82, 2.24) is 15.5 Å². The van der Waals surface area contributed by atoms with E-state index in [0.717, 1.165) is 31.4 Å². The van der Waals surface area contributed by atoms with Crippen LogP contribution >= 0.6 is 11.3 Å². The summed E-state index contributed by atoms with van der Waals surface area (Å²) in [6.45, 7) is 0. The fraction of sp³-hybridized carbons (Fsp3) is 0.579. The number of fused-ring (bicyclic) bond motifs is 1. The number of aliphatic hydroxyl groups excluding tert-OH is 1. The number of aliphatic hydroxyl groups is 1. The molecule has 25 heavy (non-hydrogen) atoms. The minimum absolute atomic E-state index is 0.0315. The summed E-state index contributed by atoms with van der Waals surface area (Å²) in [4.78, 5) is 13.7. The molecule has 6 heteroatoms.